The number of nitrogens with zero attached hydrogens (tertiary/aromatic N) is 3. The van der Waals surface area contributed by atoms with E-state index in [-0.39, 0.29) is 30.0 Å². The molecule has 150 valence electrons. The van der Waals surface area contributed by atoms with Crippen LogP contribution in [-0.2, 0) is 4.74 Å². The summed E-state index contributed by atoms with van der Waals surface area (Å²) in [7, 11) is 1.81. The Morgan fingerprint density at radius 1 is 1.27 bits per heavy atom. The van der Waals surface area contributed by atoms with Gasteiger partial charge in [-0.2, -0.15) is 0 Å². The van der Waals surface area contributed by atoms with Gasteiger partial charge in [0.25, 0.3) is 0 Å². The van der Waals surface area contributed by atoms with Crippen molar-refractivity contribution in [3.8, 4) is 0 Å². The summed E-state index contributed by atoms with van der Waals surface area (Å²) >= 11 is 0. The molecule has 0 aromatic carbocycles. The molecular weight excluding hydrogens is 445 g/mol. The summed E-state index contributed by atoms with van der Waals surface area (Å²) in [6.07, 6.45) is 1.74. The molecule has 0 amide bonds. The summed E-state index contributed by atoms with van der Waals surface area (Å²) < 4.78 is 11.0. The maximum absolute atomic E-state index is 5.65. The number of hydrogen-bond acceptors (Lipinski definition) is 5. The van der Waals surface area contributed by atoms with E-state index in [1.807, 2.05) is 19.2 Å². The van der Waals surface area contributed by atoms with Crippen LogP contribution in [0.3, 0.4) is 0 Å². The normalized spacial score (nSPS) is 17.0. The highest BCUT2D eigenvalue weighted by molar-refractivity contribution is 14.0. The molecule has 0 saturated carbocycles. The van der Waals surface area contributed by atoms with Gasteiger partial charge in [0.15, 0.2) is 5.96 Å². The highest BCUT2D eigenvalue weighted by Gasteiger charge is 2.20. The lowest BCUT2D eigenvalue weighted by Gasteiger charge is -2.29. The molecule has 1 aliphatic rings. The number of nitrogens with one attached hydrogen (secondary N) is 2. The first kappa shape index (κ1) is 23.2. The smallest absolute Gasteiger partial charge is 0.191 e. The van der Waals surface area contributed by atoms with Gasteiger partial charge in [0.2, 0.25) is 0 Å². The van der Waals surface area contributed by atoms with E-state index in [0.29, 0.717) is 0 Å². The molecule has 1 atom stereocenters. The van der Waals surface area contributed by atoms with E-state index >= 15 is 0 Å². The van der Waals surface area contributed by atoms with E-state index in [1.165, 1.54) is 0 Å². The minimum Gasteiger partial charge on any atom is -0.468 e. The first-order valence-corrected chi connectivity index (χ1v) is 9.30. The van der Waals surface area contributed by atoms with Gasteiger partial charge in [-0.3, -0.25) is 14.8 Å². The summed E-state index contributed by atoms with van der Waals surface area (Å²) in [6.45, 7) is 12.6. The number of ether oxygens (including phenoxy) is 1. The molecule has 0 aliphatic carbocycles. The van der Waals surface area contributed by atoms with Crippen LogP contribution in [0.2, 0.25) is 0 Å². The molecule has 1 unspecified atom stereocenters. The Labute approximate surface area is 174 Å². The van der Waals surface area contributed by atoms with Crippen molar-refractivity contribution in [2.24, 2.45) is 4.99 Å². The SMILES string of the molecule is CCN(CC)C(CNC(=NC)NCCN1CCOCC1)c1ccco1.I. The van der Waals surface area contributed by atoms with Crippen molar-refractivity contribution in [1.82, 2.24) is 20.4 Å². The Bertz CT molecular complexity index is 488. The van der Waals surface area contributed by atoms with Gasteiger partial charge in [-0.25, -0.2) is 0 Å². The summed E-state index contributed by atoms with van der Waals surface area (Å²) in [5.41, 5.74) is 0. The maximum Gasteiger partial charge on any atom is 0.191 e. The third kappa shape index (κ3) is 7.42. The molecule has 2 heterocycles. The minimum atomic E-state index is 0. The van der Waals surface area contributed by atoms with Gasteiger partial charge >= 0.3 is 0 Å². The summed E-state index contributed by atoms with van der Waals surface area (Å²) in [4.78, 5) is 9.13. The van der Waals surface area contributed by atoms with Crippen LogP contribution in [-0.4, -0.2) is 81.8 Å². The van der Waals surface area contributed by atoms with Crippen molar-refractivity contribution >= 4 is 29.9 Å². The van der Waals surface area contributed by atoms with Crippen molar-refractivity contribution in [2.45, 2.75) is 19.9 Å². The van der Waals surface area contributed by atoms with Gasteiger partial charge < -0.3 is 19.8 Å². The van der Waals surface area contributed by atoms with E-state index in [2.05, 4.69) is 39.3 Å². The van der Waals surface area contributed by atoms with Gasteiger partial charge in [-0.15, -0.1) is 24.0 Å². The molecule has 0 radical (unpaired) electrons. The fourth-order valence-corrected chi connectivity index (χ4v) is 3.13. The quantitative estimate of drug-likeness (QED) is 0.320. The first-order chi connectivity index (χ1) is 12.3. The Morgan fingerprint density at radius 2 is 2.00 bits per heavy atom. The molecular formula is C18H34IN5O2. The molecule has 1 fully saturated rings. The second-order valence-electron chi connectivity index (χ2n) is 6.09. The minimum absolute atomic E-state index is 0. The van der Waals surface area contributed by atoms with Crippen LogP contribution in [0.5, 0.6) is 0 Å². The third-order valence-corrected chi connectivity index (χ3v) is 4.64. The lowest BCUT2D eigenvalue weighted by molar-refractivity contribution is 0.0389. The zero-order valence-corrected chi connectivity index (χ0v) is 18.6. The van der Waals surface area contributed by atoms with E-state index in [4.69, 9.17) is 9.15 Å². The largest absolute Gasteiger partial charge is 0.468 e. The predicted octanol–water partition coefficient (Wildman–Crippen LogP) is 1.78. The molecule has 1 aromatic heterocycles. The predicted molar refractivity (Wildman–Crippen MR) is 116 cm³/mol. The van der Waals surface area contributed by atoms with Crippen LogP contribution in [0.1, 0.15) is 25.6 Å². The number of rotatable bonds is 9. The van der Waals surface area contributed by atoms with Crippen molar-refractivity contribution in [3.05, 3.63) is 24.2 Å². The van der Waals surface area contributed by atoms with Crippen molar-refractivity contribution in [1.29, 1.82) is 0 Å². The van der Waals surface area contributed by atoms with Crippen molar-refractivity contribution in [2.75, 3.05) is 66.1 Å². The van der Waals surface area contributed by atoms with E-state index in [1.54, 1.807) is 6.26 Å². The van der Waals surface area contributed by atoms with E-state index < -0.39 is 0 Å². The Balaban J connectivity index is 0.00000338. The molecule has 2 rings (SSSR count). The van der Waals surface area contributed by atoms with Crippen LogP contribution in [0.15, 0.2) is 27.8 Å². The zero-order chi connectivity index (χ0) is 17.9. The van der Waals surface area contributed by atoms with E-state index in [0.717, 1.165) is 70.7 Å². The monoisotopic (exact) mass is 479 g/mol. The number of likely N-dealkylation sites (N-methyl/N-ethyl adjacent to an activating group) is 1. The second kappa shape index (κ2) is 13.3. The molecule has 2 N–H and O–H groups in total. The Kier molecular flexibility index (Phi) is 11.9. The topological polar surface area (TPSA) is 65.3 Å². The molecule has 7 nitrogen and oxygen atoms in total. The lowest BCUT2D eigenvalue weighted by atomic mass is 10.2. The molecule has 1 saturated heterocycles. The van der Waals surface area contributed by atoms with Gasteiger partial charge in [0, 0.05) is 39.8 Å². The molecule has 0 bridgehead atoms. The average Bonchev–Trinajstić information content (AvgIpc) is 3.18. The summed E-state index contributed by atoms with van der Waals surface area (Å²) in [6, 6.07) is 4.18. The standard InChI is InChI=1S/C18H33N5O2.HI/c1-4-23(5-2)16(17-7-6-12-25-17)15-21-18(19-3)20-8-9-22-10-13-24-14-11-22;/h6-7,12,16H,4-5,8-11,13-15H2,1-3H3,(H2,19,20,21);1H. The van der Waals surface area contributed by atoms with Crippen LogP contribution in [0.4, 0.5) is 0 Å². The number of guanidine groups is 1. The molecule has 0 spiro atoms. The highest BCUT2D eigenvalue weighted by atomic mass is 127. The molecule has 26 heavy (non-hydrogen) atoms. The highest BCUT2D eigenvalue weighted by Crippen LogP contribution is 2.20. The average molecular weight is 479 g/mol. The first-order valence-electron chi connectivity index (χ1n) is 9.30. The van der Waals surface area contributed by atoms with Crippen molar-refractivity contribution < 1.29 is 9.15 Å². The van der Waals surface area contributed by atoms with Crippen LogP contribution in [0.25, 0.3) is 0 Å². The molecule has 8 heteroatoms. The second-order valence-corrected chi connectivity index (χ2v) is 6.09. The summed E-state index contributed by atoms with van der Waals surface area (Å²) in [5, 5.41) is 6.84. The lowest BCUT2D eigenvalue weighted by Crippen LogP contribution is -2.46. The van der Waals surface area contributed by atoms with Gasteiger partial charge in [-0.1, -0.05) is 13.8 Å². The molecule has 1 aromatic rings. The number of morpholine rings is 1. The zero-order valence-electron chi connectivity index (χ0n) is 16.2. The number of halogens is 1. The van der Waals surface area contributed by atoms with E-state index in [9.17, 15) is 0 Å². The summed E-state index contributed by atoms with van der Waals surface area (Å²) in [5.74, 6) is 1.82. The van der Waals surface area contributed by atoms with Crippen molar-refractivity contribution in [3.63, 3.8) is 0 Å². The third-order valence-electron chi connectivity index (χ3n) is 4.64. The van der Waals surface area contributed by atoms with Gasteiger partial charge in [0.05, 0.1) is 25.5 Å². The van der Waals surface area contributed by atoms with Crippen LogP contribution >= 0.6 is 24.0 Å². The fourth-order valence-electron chi connectivity index (χ4n) is 3.13. The van der Waals surface area contributed by atoms with Crippen LogP contribution in [0, 0.1) is 0 Å². The number of aliphatic imine (C=N–C) groups is 1. The Hall–Kier alpha value is -0.840. The number of furan rings is 1. The van der Waals surface area contributed by atoms with Crippen LogP contribution < -0.4 is 10.6 Å². The molecule has 1 aliphatic heterocycles. The Morgan fingerprint density at radius 3 is 2.58 bits per heavy atom. The number of hydrogen-bond donors (Lipinski definition) is 2. The van der Waals surface area contributed by atoms with Gasteiger partial charge in [0.1, 0.15) is 5.76 Å². The van der Waals surface area contributed by atoms with Gasteiger partial charge in [-0.05, 0) is 25.2 Å². The maximum atomic E-state index is 5.65. The fraction of sp³-hybridized carbons (Fsp3) is 0.722.